The van der Waals surface area contributed by atoms with Gasteiger partial charge in [-0.05, 0) is 6.07 Å². The fraction of sp³-hybridized carbons (Fsp3) is 0.333. The van der Waals surface area contributed by atoms with Gasteiger partial charge >= 0.3 is 6.61 Å². The second-order valence-electron chi connectivity index (χ2n) is 3.03. The minimum atomic E-state index is -3.59. The Kier molecular flexibility index (Phi) is 5.10. The van der Waals surface area contributed by atoms with Gasteiger partial charge < -0.3 is 4.74 Å². The molecule has 0 radical (unpaired) electrons. The van der Waals surface area contributed by atoms with Gasteiger partial charge in [0, 0.05) is 12.1 Å². The van der Waals surface area contributed by atoms with Crippen LogP contribution in [0.15, 0.2) is 24.3 Å². The predicted octanol–water partition coefficient (Wildman–Crippen LogP) is 1.90. The van der Waals surface area contributed by atoms with Crippen molar-refractivity contribution >= 4 is 21.6 Å². The van der Waals surface area contributed by atoms with Crippen LogP contribution < -0.4 is 9.46 Å². The summed E-state index contributed by atoms with van der Waals surface area (Å²) in [6, 6.07) is 5.91. The standard InChI is InChI=1S/C9H10ClF2NO3S/c10-6-17(14,15)13-5-7-3-1-2-4-8(7)16-9(11)12/h1-4,9,13H,5-6H2. The van der Waals surface area contributed by atoms with Gasteiger partial charge in [0.05, 0.1) is 0 Å². The van der Waals surface area contributed by atoms with Gasteiger partial charge in [-0.1, -0.05) is 18.2 Å². The van der Waals surface area contributed by atoms with Crippen LogP contribution in [0.1, 0.15) is 5.56 Å². The lowest BCUT2D eigenvalue weighted by atomic mass is 10.2. The molecule has 1 aromatic rings. The quantitative estimate of drug-likeness (QED) is 0.812. The summed E-state index contributed by atoms with van der Waals surface area (Å²) in [6.45, 7) is -3.11. The lowest BCUT2D eigenvalue weighted by Crippen LogP contribution is -2.24. The van der Waals surface area contributed by atoms with Crippen molar-refractivity contribution < 1.29 is 21.9 Å². The number of para-hydroxylation sites is 1. The summed E-state index contributed by atoms with van der Waals surface area (Å²) >= 11 is 5.18. The van der Waals surface area contributed by atoms with Crippen LogP contribution in [-0.2, 0) is 16.6 Å². The van der Waals surface area contributed by atoms with E-state index in [1.165, 1.54) is 18.2 Å². The van der Waals surface area contributed by atoms with Crippen molar-refractivity contribution in [3.63, 3.8) is 0 Å². The summed E-state index contributed by atoms with van der Waals surface area (Å²) < 4.78 is 52.7. The van der Waals surface area contributed by atoms with E-state index < -0.39 is 21.8 Å². The summed E-state index contributed by atoms with van der Waals surface area (Å²) in [4.78, 5) is 0. The Morgan fingerprint density at radius 2 is 2.00 bits per heavy atom. The van der Waals surface area contributed by atoms with Gasteiger partial charge in [-0.25, -0.2) is 13.1 Å². The Morgan fingerprint density at radius 3 is 2.59 bits per heavy atom. The molecule has 1 aromatic carbocycles. The molecule has 0 bridgehead atoms. The van der Waals surface area contributed by atoms with E-state index in [-0.39, 0.29) is 12.3 Å². The first-order chi connectivity index (χ1) is 7.94. The molecule has 0 heterocycles. The maximum Gasteiger partial charge on any atom is 0.387 e. The van der Waals surface area contributed by atoms with Crippen molar-refractivity contribution in [3.05, 3.63) is 29.8 Å². The highest BCUT2D eigenvalue weighted by Crippen LogP contribution is 2.20. The van der Waals surface area contributed by atoms with Crippen LogP contribution in [0, 0.1) is 0 Å². The van der Waals surface area contributed by atoms with E-state index in [2.05, 4.69) is 9.46 Å². The molecule has 0 amide bonds. The Balaban J connectivity index is 2.77. The SMILES string of the molecule is O=S(=O)(CCl)NCc1ccccc1OC(F)F. The molecular formula is C9H10ClF2NO3S. The third kappa shape index (κ3) is 4.84. The monoisotopic (exact) mass is 285 g/mol. The highest BCUT2D eigenvalue weighted by Gasteiger charge is 2.12. The van der Waals surface area contributed by atoms with E-state index in [0.717, 1.165) is 0 Å². The number of halogens is 3. The summed E-state index contributed by atoms with van der Waals surface area (Å²) in [5.41, 5.74) is 0.307. The zero-order valence-corrected chi connectivity index (χ0v) is 10.1. The van der Waals surface area contributed by atoms with Gasteiger partial charge in [0.15, 0.2) is 0 Å². The van der Waals surface area contributed by atoms with Crippen LogP contribution in [0.2, 0.25) is 0 Å². The Morgan fingerprint density at radius 1 is 1.35 bits per heavy atom. The van der Waals surface area contributed by atoms with Crippen molar-refractivity contribution in [2.45, 2.75) is 13.2 Å². The van der Waals surface area contributed by atoms with Gasteiger partial charge in [-0.3, -0.25) is 0 Å². The molecule has 0 atom stereocenters. The fourth-order valence-electron chi connectivity index (χ4n) is 1.09. The molecule has 4 nitrogen and oxygen atoms in total. The summed E-state index contributed by atoms with van der Waals surface area (Å²) in [6.07, 6.45) is 0. The summed E-state index contributed by atoms with van der Waals surface area (Å²) in [5, 5.41) is -0.592. The minimum absolute atomic E-state index is 0.0697. The third-order valence-corrected chi connectivity index (χ3v) is 3.55. The Labute approximate surface area is 103 Å². The maximum atomic E-state index is 12.1. The number of alkyl halides is 3. The highest BCUT2D eigenvalue weighted by atomic mass is 35.5. The molecule has 0 spiro atoms. The Hall–Kier alpha value is -0.920. The van der Waals surface area contributed by atoms with Crippen molar-refractivity contribution in [1.82, 2.24) is 4.72 Å². The van der Waals surface area contributed by atoms with Gasteiger partial charge in [0.2, 0.25) is 10.0 Å². The van der Waals surface area contributed by atoms with Crippen molar-refractivity contribution in [2.75, 3.05) is 5.21 Å². The number of ether oxygens (including phenoxy) is 1. The second kappa shape index (κ2) is 6.13. The van der Waals surface area contributed by atoms with E-state index in [4.69, 9.17) is 11.6 Å². The number of benzene rings is 1. The molecule has 0 aliphatic carbocycles. The van der Waals surface area contributed by atoms with Crippen LogP contribution in [-0.4, -0.2) is 20.2 Å². The van der Waals surface area contributed by atoms with Crippen LogP contribution in [0.3, 0.4) is 0 Å². The first-order valence-corrected chi connectivity index (χ1v) is 6.69. The number of rotatable bonds is 6. The number of sulfonamides is 1. The number of hydrogen-bond acceptors (Lipinski definition) is 3. The molecular weight excluding hydrogens is 276 g/mol. The van der Waals surface area contributed by atoms with Gasteiger partial charge in [0.1, 0.15) is 11.0 Å². The molecule has 0 saturated carbocycles. The molecule has 0 aliphatic rings. The molecule has 1 rings (SSSR count). The zero-order valence-electron chi connectivity index (χ0n) is 8.57. The van der Waals surface area contributed by atoms with Gasteiger partial charge in [-0.15, -0.1) is 11.6 Å². The predicted molar refractivity (Wildman–Crippen MR) is 59.6 cm³/mol. The van der Waals surface area contributed by atoms with E-state index in [1.807, 2.05) is 0 Å². The Bertz CT molecular complexity index is 467. The largest absolute Gasteiger partial charge is 0.434 e. The summed E-state index contributed by atoms with van der Waals surface area (Å²) in [5.74, 6) is -0.0697. The molecule has 96 valence electrons. The number of hydrogen-bond donors (Lipinski definition) is 1. The highest BCUT2D eigenvalue weighted by molar-refractivity contribution is 7.90. The molecule has 0 unspecified atom stereocenters. The number of nitrogens with one attached hydrogen (secondary N) is 1. The van der Waals surface area contributed by atoms with Crippen LogP contribution >= 0.6 is 11.6 Å². The lowest BCUT2D eigenvalue weighted by molar-refractivity contribution is -0.0504. The van der Waals surface area contributed by atoms with E-state index in [9.17, 15) is 17.2 Å². The van der Waals surface area contributed by atoms with Crippen molar-refractivity contribution in [2.24, 2.45) is 0 Å². The first-order valence-electron chi connectivity index (χ1n) is 4.50. The van der Waals surface area contributed by atoms with E-state index in [0.29, 0.717) is 5.56 Å². The minimum Gasteiger partial charge on any atom is -0.434 e. The first kappa shape index (κ1) is 14.1. The molecule has 1 N–H and O–H groups in total. The average molecular weight is 286 g/mol. The van der Waals surface area contributed by atoms with Crippen molar-refractivity contribution in [3.8, 4) is 5.75 Å². The third-order valence-electron chi connectivity index (χ3n) is 1.81. The fourth-order valence-corrected chi connectivity index (χ4v) is 1.77. The average Bonchev–Trinajstić information content (AvgIpc) is 2.27. The smallest absolute Gasteiger partial charge is 0.387 e. The molecule has 0 fully saturated rings. The molecule has 8 heteroatoms. The van der Waals surface area contributed by atoms with Crippen LogP contribution in [0.5, 0.6) is 5.75 Å². The van der Waals surface area contributed by atoms with Gasteiger partial charge in [-0.2, -0.15) is 8.78 Å². The maximum absolute atomic E-state index is 12.1. The summed E-state index contributed by atoms with van der Waals surface area (Å²) in [7, 11) is -3.59. The van der Waals surface area contributed by atoms with Crippen LogP contribution in [0.25, 0.3) is 0 Å². The van der Waals surface area contributed by atoms with E-state index >= 15 is 0 Å². The lowest BCUT2D eigenvalue weighted by Gasteiger charge is -2.10. The molecule has 17 heavy (non-hydrogen) atoms. The zero-order chi connectivity index (χ0) is 12.9. The van der Waals surface area contributed by atoms with Crippen LogP contribution in [0.4, 0.5) is 8.78 Å². The second-order valence-corrected chi connectivity index (χ2v) is 5.42. The van der Waals surface area contributed by atoms with Crippen molar-refractivity contribution in [1.29, 1.82) is 0 Å². The topological polar surface area (TPSA) is 55.4 Å². The molecule has 0 aliphatic heterocycles. The van der Waals surface area contributed by atoms with E-state index in [1.54, 1.807) is 6.07 Å². The molecule has 0 saturated heterocycles. The normalized spacial score (nSPS) is 11.8. The van der Waals surface area contributed by atoms with Gasteiger partial charge in [0.25, 0.3) is 0 Å². The molecule has 0 aromatic heterocycles.